The second kappa shape index (κ2) is 4.63. The van der Waals surface area contributed by atoms with Crippen molar-refractivity contribution in [2.45, 2.75) is 12.3 Å². The van der Waals surface area contributed by atoms with Crippen molar-refractivity contribution in [2.24, 2.45) is 10.8 Å². The summed E-state index contributed by atoms with van der Waals surface area (Å²) in [6.45, 7) is 0. The highest BCUT2D eigenvalue weighted by atomic mass is 15.3. The zero-order valence-corrected chi connectivity index (χ0v) is 10.0. The molecule has 1 aliphatic carbocycles. The molecule has 18 heavy (non-hydrogen) atoms. The van der Waals surface area contributed by atoms with Crippen molar-refractivity contribution in [3.8, 4) is 0 Å². The smallest absolute Gasteiger partial charge is 0.124 e. The predicted octanol–water partition coefficient (Wildman–Crippen LogP) is 2.52. The Kier molecular flexibility index (Phi) is 2.82. The molecule has 0 bridgehead atoms. The highest BCUT2D eigenvalue weighted by molar-refractivity contribution is 5.93. The zero-order valence-electron chi connectivity index (χ0n) is 10.0. The number of nitrogens with one attached hydrogen (secondary N) is 1. The lowest BCUT2D eigenvalue weighted by Gasteiger charge is -2.30. The number of hydrogen-bond donors (Lipinski definition) is 2. The van der Waals surface area contributed by atoms with Crippen LogP contribution in [0.1, 0.15) is 17.0 Å². The van der Waals surface area contributed by atoms with Crippen LogP contribution in [0.5, 0.6) is 0 Å². The van der Waals surface area contributed by atoms with Gasteiger partial charge in [-0.2, -0.15) is 0 Å². The number of rotatable bonds is 2. The maximum Gasteiger partial charge on any atom is 0.124 e. The van der Waals surface area contributed by atoms with E-state index in [1.807, 2.05) is 30.3 Å². The van der Waals surface area contributed by atoms with Gasteiger partial charge in [-0.15, -0.1) is 0 Å². The topological polar surface area (TPSA) is 50.4 Å². The third-order valence-corrected chi connectivity index (χ3v) is 3.34. The van der Waals surface area contributed by atoms with E-state index in [-0.39, 0.29) is 0 Å². The quantitative estimate of drug-likeness (QED) is 0.365. The Labute approximate surface area is 106 Å². The minimum atomic E-state index is 0.298. The summed E-state index contributed by atoms with van der Waals surface area (Å²) in [6.07, 6.45) is 1.01. The van der Waals surface area contributed by atoms with Crippen LogP contribution >= 0.6 is 0 Å². The second-order valence-corrected chi connectivity index (χ2v) is 4.43. The van der Waals surface area contributed by atoms with Crippen molar-refractivity contribution in [2.75, 3.05) is 0 Å². The van der Waals surface area contributed by atoms with Gasteiger partial charge in [0.05, 0.1) is 5.69 Å². The molecular weight excluding hydrogens is 222 g/mol. The third-order valence-electron chi connectivity index (χ3n) is 3.34. The van der Waals surface area contributed by atoms with Crippen LogP contribution in [0, 0.1) is 0 Å². The Bertz CT molecular complexity index is 575. The molecule has 0 radical (unpaired) electrons. The summed E-state index contributed by atoms with van der Waals surface area (Å²) in [5, 5.41) is 0. The number of para-hydroxylation sites is 1. The Balaban J connectivity index is 1.90. The lowest BCUT2D eigenvalue weighted by molar-refractivity contribution is 0.735. The summed E-state index contributed by atoms with van der Waals surface area (Å²) in [6, 6.07) is 18.3. The van der Waals surface area contributed by atoms with E-state index >= 15 is 0 Å². The summed E-state index contributed by atoms with van der Waals surface area (Å²) < 4.78 is 0. The number of nitrogens with zero attached hydrogens (tertiary/aromatic N) is 1. The van der Waals surface area contributed by atoms with E-state index in [1.165, 1.54) is 11.1 Å². The van der Waals surface area contributed by atoms with Crippen molar-refractivity contribution in [3.05, 3.63) is 65.7 Å². The van der Waals surface area contributed by atoms with E-state index in [2.05, 4.69) is 34.7 Å². The van der Waals surface area contributed by atoms with Gasteiger partial charge >= 0.3 is 0 Å². The molecule has 0 amide bonds. The lowest BCUT2D eigenvalue weighted by Crippen LogP contribution is -2.39. The van der Waals surface area contributed by atoms with Gasteiger partial charge in [0.15, 0.2) is 0 Å². The van der Waals surface area contributed by atoms with E-state index in [1.54, 1.807) is 0 Å². The molecule has 0 saturated heterocycles. The highest BCUT2D eigenvalue weighted by Gasteiger charge is 2.29. The number of hydrazine groups is 1. The number of hydrogen-bond acceptors (Lipinski definition) is 2. The van der Waals surface area contributed by atoms with E-state index in [0.29, 0.717) is 5.92 Å². The third kappa shape index (κ3) is 1.89. The van der Waals surface area contributed by atoms with Crippen molar-refractivity contribution in [3.63, 3.8) is 0 Å². The van der Waals surface area contributed by atoms with Gasteiger partial charge < -0.3 is 5.43 Å². The van der Waals surface area contributed by atoms with Crippen LogP contribution in [0.2, 0.25) is 0 Å². The number of nitrogens with two attached hydrogens (primary N) is 1. The molecule has 0 aliphatic heterocycles. The zero-order chi connectivity index (χ0) is 12.4. The predicted molar refractivity (Wildman–Crippen MR) is 73.7 cm³/mol. The number of benzene rings is 2. The SMILES string of the molecule is NNC(=Nc1ccccc1)C1Cc2ccccc21. The van der Waals surface area contributed by atoms with Crippen LogP contribution in [0.15, 0.2) is 59.6 Å². The number of amidine groups is 1. The fourth-order valence-corrected chi connectivity index (χ4v) is 2.36. The molecule has 2 aromatic rings. The van der Waals surface area contributed by atoms with Crippen LogP contribution in [-0.4, -0.2) is 5.84 Å². The van der Waals surface area contributed by atoms with E-state index < -0.39 is 0 Å². The van der Waals surface area contributed by atoms with Crippen LogP contribution < -0.4 is 11.3 Å². The van der Waals surface area contributed by atoms with E-state index in [9.17, 15) is 0 Å². The molecule has 0 aromatic heterocycles. The maximum atomic E-state index is 5.61. The molecule has 3 N–H and O–H groups in total. The summed E-state index contributed by atoms with van der Waals surface area (Å²) >= 11 is 0. The molecule has 1 atom stereocenters. The summed E-state index contributed by atoms with van der Waals surface area (Å²) in [4.78, 5) is 4.58. The number of aliphatic imine (C=N–C) groups is 1. The van der Waals surface area contributed by atoms with Crippen molar-refractivity contribution in [1.82, 2.24) is 5.43 Å². The van der Waals surface area contributed by atoms with Gasteiger partial charge in [0.25, 0.3) is 0 Å². The van der Waals surface area contributed by atoms with Crippen LogP contribution in [0.25, 0.3) is 0 Å². The molecule has 3 nitrogen and oxygen atoms in total. The fraction of sp³-hybridized carbons (Fsp3) is 0.133. The molecule has 0 saturated carbocycles. The van der Waals surface area contributed by atoms with E-state index in [4.69, 9.17) is 5.84 Å². The molecule has 3 rings (SSSR count). The maximum absolute atomic E-state index is 5.61. The average molecular weight is 237 g/mol. The van der Waals surface area contributed by atoms with Gasteiger partial charge in [0, 0.05) is 5.92 Å². The molecule has 90 valence electrons. The van der Waals surface area contributed by atoms with Gasteiger partial charge in [-0.3, -0.25) is 0 Å². The minimum absolute atomic E-state index is 0.298. The van der Waals surface area contributed by atoms with Gasteiger partial charge in [0.2, 0.25) is 0 Å². The van der Waals surface area contributed by atoms with Crippen molar-refractivity contribution >= 4 is 11.5 Å². The Hall–Kier alpha value is -2.13. The first kappa shape index (κ1) is 11.0. The first-order chi connectivity index (χ1) is 8.88. The summed E-state index contributed by atoms with van der Waals surface area (Å²) in [5.74, 6) is 6.74. The van der Waals surface area contributed by atoms with Gasteiger partial charge in [-0.25, -0.2) is 10.8 Å². The fourth-order valence-electron chi connectivity index (χ4n) is 2.36. The van der Waals surface area contributed by atoms with Crippen LogP contribution in [0.4, 0.5) is 5.69 Å². The Morgan fingerprint density at radius 1 is 1.06 bits per heavy atom. The van der Waals surface area contributed by atoms with Crippen molar-refractivity contribution < 1.29 is 0 Å². The lowest BCUT2D eigenvalue weighted by atomic mass is 9.77. The molecular formula is C15H15N3. The molecule has 0 fully saturated rings. The van der Waals surface area contributed by atoms with Gasteiger partial charge in [-0.1, -0.05) is 42.5 Å². The van der Waals surface area contributed by atoms with Gasteiger partial charge in [-0.05, 0) is 29.7 Å². The molecule has 0 heterocycles. The van der Waals surface area contributed by atoms with E-state index in [0.717, 1.165) is 17.9 Å². The molecule has 0 spiro atoms. The second-order valence-electron chi connectivity index (χ2n) is 4.43. The molecule has 3 heteroatoms. The largest absolute Gasteiger partial charge is 0.311 e. The average Bonchev–Trinajstić information content (AvgIpc) is 2.40. The molecule has 2 aromatic carbocycles. The summed E-state index contributed by atoms with van der Waals surface area (Å²) in [7, 11) is 0. The van der Waals surface area contributed by atoms with Gasteiger partial charge in [0.1, 0.15) is 5.84 Å². The minimum Gasteiger partial charge on any atom is -0.311 e. The number of fused-ring (bicyclic) bond motifs is 1. The summed E-state index contributed by atoms with van der Waals surface area (Å²) in [5.41, 5.74) is 6.38. The first-order valence-corrected chi connectivity index (χ1v) is 6.06. The Morgan fingerprint density at radius 2 is 1.78 bits per heavy atom. The Morgan fingerprint density at radius 3 is 2.50 bits per heavy atom. The monoisotopic (exact) mass is 237 g/mol. The first-order valence-electron chi connectivity index (χ1n) is 6.06. The normalized spacial score (nSPS) is 17.8. The highest BCUT2D eigenvalue weighted by Crippen LogP contribution is 2.35. The van der Waals surface area contributed by atoms with Crippen molar-refractivity contribution in [1.29, 1.82) is 0 Å². The molecule has 1 unspecified atom stereocenters. The standard InChI is InChI=1S/C15H15N3/c16-18-15(17-12-7-2-1-3-8-12)14-10-11-6-4-5-9-13(11)14/h1-9,14H,10,16H2,(H,17,18). The van der Waals surface area contributed by atoms with Crippen LogP contribution in [0.3, 0.4) is 0 Å². The molecule has 1 aliphatic rings. The van der Waals surface area contributed by atoms with Crippen LogP contribution in [-0.2, 0) is 6.42 Å².